The van der Waals surface area contributed by atoms with Gasteiger partial charge in [0, 0.05) is 29.2 Å². The largest absolute Gasteiger partial charge is 0.360 e. The van der Waals surface area contributed by atoms with Gasteiger partial charge in [-0.1, -0.05) is 52.9 Å². The van der Waals surface area contributed by atoms with Crippen LogP contribution in [0.5, 0.6) is 0 Å². The molecule has 0 saturated heterocycles. The summed E-state index contributed by atoms with van der Waals surface area (Å²) in [7, 11) is 0. The summed E-state index contributed by atoms with van der Waals surface area (Å²) >= 11 is 3.38. The van der Waals surface area contributed by atoms with Crippen LogP contribution in [0.3, 0.4) is 0 Å². The maximum Gasteiger partial charge on any atom is 0.205 e. The van der Waals surface area contributed by atoms with Crippen LogP contribution >= 0.6 is 22.7 Å². The summed E-state index contributed by atoms with van der Waals surface area (Å²) in [6.07, 6.45) is 0.914. The Morgan fingerprint density at radius 1 is 1.00 bits per heavy atom. The minimum absolute atomic E-state index is 0.0636. The fourth-order valence-corrected chi connectivity index (χ4v) is 3.43. The SMILES string of the molecule is CC(C)(C)c1nc(CCNc2nnc(C(C)(C)C)s2)cs1. The van der Waals surface area contributed by atoms with Crippen molar-refractivity contribution in [2.75, 3.05) is 11.9 Å². The van der Waals surface area contributed by atoms with E-state index in [1.807, 2.05) is 0 Å². The van der Waals surface area contributed by atoms with Crippen molar-refractivity contribution in [3.63, 3.8) is 0 Å². The Labute approximate surface area is 135 Å². The molecule has 0 unspecified atom stereocenters. The molecule has 0 aliphatic carbocycles. The average Bonchev–Trinajstić information content (AvgIpc) is 2.95. The average molecular weight is 325 g/mol. The molecular formula is C15H24N4S2. The van der Waals surface area contributed by atoms with E-state index >= 15 is 0 Å². The number of hydrogen-bond acceptors (Lipinski definition) is 6. The van der Waals surface area contributed by atoms with Gasteiger partial charge >= 0.3 is 0 Å². The molecule has 2 aromatic rings. The first-order valence-corrected chi connectivity index (χ1v) is 8.88. The molecule has 21 heavy (non-hydrogen) atoms. The highest BCUT2D eigenvalue weighted by Gasteiger charge is 2.19. The Morgan fingerprint density at radius 2 is 1.67 bits per heavy atom. The van der Waals surface area contributed by atoms with E-state index < -0.39 is 0 Å². The molecule has 0 aliphatic rings. The molecule has 0 spiro atoms. The maximum absolute atomic E-state index is 4.70. The second kappa shape index (κ2) is 6.01. The van der Waals surface area contributed by atoms with Crippen LogP contribution in [0.2, 0.25) is 0 Å². The van der Waals surface area contributed by atoms with Gasteiger partial charge in [0.1, 0.15) is 5.01 Å². The van der Waals surface area contributed by atoms with E-state index in [-0.39, 0.29) is 10.8 Å². The quantitative estimate of drug-likeness (QED) is 0.913. The van der Waals surface area contributed by atoms with E-state index in [1.165, 1.54) is 5.01 Å². The van der Waals surface area contributed by atoms with E-state index in [1.54, 1.807) is 22.7 Å². The zero-order valence-electron chi connectivity index (χ0n) is 13.6. The minimum atomic E-state index is 0.0636. The highest BCUT2D eigenvalue weighted by atomic mass is 32.1. The van der Waals surface area contributed by atoms with Gasteiger partial charge in [0.05, 0.1) is 10.7 Å². The molecule has 0 fully saturated rings. The van der Waals surface area contributed by atoms with Gasteiger partial charge in [-0.3, -0.25) is 0 Å². The molecule has 0 aromatic carbocycles. The van der Waals surface area contributed by atoms with E-state index in [2.05, 4.69) is 62.4 Å². The van der Waals surface area contributed by atoms with E-state index in [4.69, 9.17) is 4.98 Å². The molecule has 2 heterocycles. The molecular weight excluding hydrogens is 300 g/mol. The van der Waals surface area contributed by atoms with Crippen molar-refractivity contribution in [3.05, 3.63) is 21.1 Å². The molecule has 6 heteroatoms. The summed E-state index contributed by atoms with van der Waals surface area (Å²) in [4.78, 5) is 4.70. The van der Waals surface area contributed by atoms with E-state index in [9.17, 15) is 0 Å². The molecule has 2 aromatic heterocycles. The third kappa shape index (κ3) is 4.48. The second-order valence-electron chi connectivity index (χ2n) is 7.23. The van der Waals surface area contributed by atoms with Gasteiger partial charge in [-0.05, 0) is 0 Å². The fourth-order valence-electron chi connectivity index (χ4n) is 1.66. The van der Waals surface area contributed by atoms with Crippen molar-refractivity contribution in [1.82, 2.24) is 15.2 Å². The lowest BCUT2D eigenvalue weighted by Gasteiger charge is -2.13. The van der Waals surface area contributed by atoms with Crippen LogP contribution in [0, 0.1) is 0 Å². The number of hydrogen-bond donors (Lipinski definition) is 1. The van der Waals surface area contributed by atoms with E-state index in [0.29, 0.717) is 0 Å². The van der Waals surface area contributed by atoms with Gasteiger partial charge in [0.2, 0.25) is 5.13 Å². The van der Waals surface area contributed by atoms with Crippen LogP contribution in [-0.4, -0.2) is 21.7 Å². The lowest BCUT2D eigenvalue weighted by molar-refractivity contribution is 0.578. The highest BCUT2D eigenvalue weighted by molar-refractivity contribution is 7.15. The van der Waals surface area contributed by atoms with Crippen molar-refractivity contribution in [1.29, 1.82) is 0 Å². The summed E-state index contributed by atoms with van der Waals surface area (Å²) in [5, 5.41) is 17.1. The first-order chi connectivity index (χ1) is 9.66. The van der Waals surface area contributed by atoms with Crippen LogP contribution in [0.1, 0.15) is 57.3 Å². The van der Waals surface area contributed by atoms with Gasteiger partial charge in [0.15, 0.2) is 0 Å². The van der Waals surface area contributed by atoms with Gasteiger partial charge in [-0.25, -0.2) is 4.98 Å². The molecule has 0 atom stereocenters. The third-order valence-corrected chi connectivity index (χ3v) is 5.54. The van der Waals surface area contributed by atoms with Crippen molar-refractivity contribution in [3.8, 4) is 0 Å². The van der Waals surface area contributed by atoms with Gasteiger partial charge < -0.3 is 5.32 Å². The van der Waals surface area contributed by atoms with Crippen LogP contribution in [0.15, 0.2) is 5.38 Å². The number of nitrogens with zero attached hydrogens (tertiary/aromatic N) is 3. The number of aromatic nitrogens is 3. The van der Waals surface area contributed by atoms with Crippen LogP contribution in [0.4, 0.5) is 5.13 Å². The molecule has 0 radical (unpaired) electrons. The van der Waals surface area contributed by atoms with Gasteiger partial charge in [-0.15, -0.1) is 21.5 Å². The normalized spacial score (nSPS) is 12.7. The summed E-state index contributed by atoms with van der Waals surface area (Å²) in [6, 6.07) is 0. The Hall–Kier alpha value is -1.01. The first kappa shape index (κ1) is 16.4. The summed E-state index contributed by atoms with van der Waals surface area (Å²) in [5.41, 5.74) is 1.35. The zero-order chi connectivity index (χ0) is 15.7. The van der Waals surface area contributed by atoms with Gasteiger partial charge in [0.25, 0.3) is 0 Å². The lowest BCUT2D eigenvalue weighted by atomic mass is 9.98. The predicted octanol–water partition coefficient (Wildman–Crippen LogP) is 4.24. The van der Waals surface area contributed by atoms with Crippen molar-refractivity contribution in [2.45, 2.75) is 58.8 Å². The first-order valence-electron chi connectivity index (χ1n) is 7.19. The molecule has 116 valence electrons. The monoisotopic (exact) mass is 324 g/mol. The second-order valence-corrected chi connectivity index (χ2v) is 9.07. The number of rotatable bonds is 4. The molecule has 2 rings (SSSR count). The predicted molar refractivity (Wildman–Crippen MR) is 91.6 cm³/mol. The summed E-state index contributed by atoms with van der Waals surface area (Å²) in [6.45, 7) is 13.9. The Balaban J connectivity index is 1.87. The number of thiazole rings is 1. The minimum Gasteiger partial charge on any atom is -0.360 e. The maximum atomic E-state index is 4.70. The van der Waals surface area contributed by atoms with E-state index in [0.717, 1.165) is 28.8 Å². The Kier molecular flexibility index (Phi) is 4.68. The summed E-state index contributed by atoms with van der Waals surface area (Å²) in [5.74, 6) is 0. The van der Waals surface area contributed by atoms with Crippen molar-refractivity contribution < 1.29 is 0 Å². The summed E-state index contributed by atoms with van der Waals surface area (Å²) < 4.78 is 0. The molecule has 0 aliphatic heterocycles. The molecule has 0 saturated carbocycles. The molecule has 0 bridgehead atoms. The standard InChI is InChI=1S/C15H24N4S2/c1-14(2,3)11-17-10(9-20-11)7-8-16-13-19-18-12(21-13)15(4,5)6/h9H,7-8H2,1-6H3,(H,16,19). The molecule has 0 amide bonds. The third-order valence-electron chi connectivity index (χ3n) is 2.92. The Bertz CT molecular complexity index is 535. The van der Waals surface area contributed by atoms with Crippen molar-refractivity contribution in [2.24, 2.45) is 0 Å². The highest BCUT2D eigenvalue weighted by Crippen LogP contribution is 2.28. The van der Waals surface area contributed by atoms with Crippen LogP contribution in [-0.2, 0) is 17.3 Å². The molecule has 4 nitrogen and oxygen atoms in total. The lowest BCUT2D eigenvalue weighted by Crippen LogP contribution is -2.11. The Morgan fingerprint density at radius 3 is 2.19 bits per heavy atom. The smallest absolute Gasteiger partial charge is 0.205 e. The number of nitrogens with one attached hydrogen (secondary N) is 1. The topological polar surface area (TPSA) is 50.7 Å². The van der Waals surface area contributed by atoms with Crippen LogP contribution in [0.25, 0.3) is 0 Å². The molecule has 1 N–H and O–H groups in total. The van der Waals surface area contributed by atoms with Gasteiger partial charge in [-0.2, -0.15) is 0 Å². The van der Waals surface area contributed by atoms with Crippen LogP contribution < -0.4 is 5.32 Å². The zero-order valence-corrected chi connectivity index (χ0v) is 15.3. The fraction of sp³-hybridized carbons (Fsp3) is 0.667. The van der Waals surface area contributed by atoms with Crippen molar-refractivity contribution >= 4 is 27.8 Å². The number of anilines is 1.